The van der Waals surface area contributed by atoms with Crippen molar-refractivity contribution in [2.75, 3.05) is 24.0 Å². The first kappa shape index (κ1) is 42.8. The van der Waals surface area contributed by atoms with Crippen molar-refractivity contribution in [3.05, 3.63) is 118 Å². The Morgan fingerprint density at radius 3 is 1.84 bits per heavy atom. The zero-order valence-corrected chi connectivity index (χ0v) is 28.3. The largest absolute Gasteiger partial charge is 0.492 e. The fourth-order valence-corrected chi connectivity index (χ4v) is 4.78. The molecule has 0 atom stereocenters. The first-order valence-corrected chi connectivity index (χ1v) is 15.7. The van der Waals surface area contributed by atoms with Gasteiger partial charge >= 0.3 is 24.3 Å². The van der Waals surface area contributed by atoms with Gasteiger partial charge in [-0.25, -0.2) is 19.4 Å². The maximum atomic E-state index is 14.1. The molecule has 21 heteroatoms. The molecule has 56 heavy (non-hydrogen) atoms. The third-order valence-electron chi connectivity index (χ3n) is 7.88. The highest BCUT2D eigenvalue weighted by molar-refractivity contribution is 6.10. The molecule has 0 saturated carbocycles. The van der Waals surface area contributed by atoms with E-state index in [1.54, 1.807) is 0 Å². The van der Waals surface area contributed by atoms with Crippen molar-refractivity contribution in [3.63, 3.8) is 0 Å². The van der Waals surface area contributed by atoms with Gasteiger partial charge in [-0.15, -0.1) is 0 Å². The standard InChI is InChI=1S/C35H30F6N2O13/c36-34(37,38)33(35(39,40)41,18-51-26-8-4-24(5-9-26)42-30(44)29-13-20(15-53-49)1-12-28(29)32(47)48)19-55-56-27-10-6-25(7-11-27)43-52-16-23-14-21(31(45)46)2-3-22(23)17-54-50/h1-14,43,49-50H,15-19H2,(H,42,44)(H,45,46)(H,47,48). The summed E-state index contributed by atoms with van der Waals surface area (Å²) in [6.07, 6.45) is -11.9. The number of halogens is 6. The number of hydrogen-bond donors (Lipinski definition) is 6. The number of anilines is 2. The Kier molecular flexibility index (Phi) is 14.2. The summed E-state index contributed by atoms with van der Waals surface area (Å²) in [5.41, 5.74) is -1.69. The highest BCUT2D eigenvalue weighted by Crippen LogP contribution is 2.51. The predicted octanol–water partition coefficient (Wildman–Crippen LogP) is 7.36. The molecule has 4 aromatic carbocycles. The lowest BCUT2D eigenvalue weighted by Crippen LogP contribution is -2.57. The number of alkyl halides is 6. The number of carbonyl (C=O) groups excluding carboxylic acids is 1. The van der Waals surface area contributed by atoms with Crippen LogP contribution < -0.4 is 20.4 Å². The smallest absolute Gasteiger partial charge is 0.408 e. The molecular weight excluding hydrogens is 770 g/mol. The number of rotatable bonds is 19. The van der Waals surface area contributed by atoms with Crippen LogP contribution in [0.25, 0.3) is 0 Å². The van der Waals surface area contributed by atoms with Gasteiger partial charge in [0, 0.05) is 5.69 Å². The molecule has 0 fully saturated rings. The van der Waals surface area contributed by atoms with Crippen LogP contribution in [0.2, 0.25) is 0 Å². The monoisotopic (exact) mass is 800 g/mol. The minimum Gasteiger partial charge on any atom is -0.492 e. The second-order valence-corrected chi connectivity index (χ2v) is 11.6. The number of aromatic carboxylic acids is 2. The van der Waals surface area contributed by atoms with Crippen molar-refractivity contribution in [2.45, 2.75) is 32.2 Å². The normalized spacial score (nSPS) is 11.9. The van der Waals surface area contributed by atoms with Crippen LogP contribution in [0.5, 0.6) is 11.5 Å². The number of carbonyl (C=O) groups is 3. The molecule has 6 N–H and O–H groups in total. The molecule has 15 nitrogen and oxygen atoms in total. The van der Waals surface area contributed by atoms with Crippen LogP contribution in [0, 0.1) is 5.41 Å². The summed E-state index contributed by atoms with van der Waals surface area (Å²) in [4.78, 5) is 58.3. The maximum absolute atomic E-state index is 14.1. The van der Waals surface area contributed by atoms with Gasteiger partial charge < -0.3 is 25.2 Å². The van der Waals surface area contributed by atoms with Crippen molar-refractivity contribution >= 4 is 29.2 Å². The van der Waals surface area contributed by atoms with E-state index in [0.29, 0.717) is 11.1 Å². The second kappa shape index (κ2) is 18.6. The Labute approximate surface area is 311 Å². The van der Waals surface area contributed by atoms with Gasteiger partial charge in [0.1, 0.15) is 38.8 Å². The summed E-state index contributed by atoms with van der Waals surface area (Å²) >= 11 is 0. The van der Waals surface area contributed by atoms with Crippen LogP contribution >= 0.6 is 0 Å². The zero-order valence-electron chi connectivity index (χ0n) is 28.3. The Bertz CT molecular complexity index is 1960. The summed E-state index contributed by atoms with van der Waals surface area (Å²) in [7, 11) is 0. The average Bonchev–Trinajstić information content (AvgIpc) is 3.13. The third kappa shape index (κ3) is 10.8. The van der Waals surface area contributed by atoms with Gasteiger partial charge in [0.15, 0.2) is 5.75 Å². The molecule has 0 aliphatic carbocycles. The van der Waals surface area contributed by atoms with Gasteiger partial charge in [-0.05, 0) is 89.5 Å². The molecule has 1 amide bonds. The first-order valence-electron chi connectivity index (χ1n) is 15.7. The third-order valence-corrected chi connectivity index (χ3v) is 7.88. The van der Waals surface area contributed by atoms with E-state index in [2.05, 4.69) is 25.5 Å². The summed E-state index contributed by atoms with van der Waals surface area (Å²) in [6.45, 7) is -4.94. The molecule has 4 rings (SSSR count). The summed E-state index contributed by atoms with van der Waals surface area (Å²) in [6, 6.07) is 16.4. The molecule has 0 unspecified atom stereocenters. The summed E-state index contributed by atoms with van der Waals surface area (Å²) in [5.74, 6) is -4.37. The Hall–Kier alpha value is -5.97. The number of nitrogens with one attached hydrogen (secondary N) is 2. The zero-order chi connectivity index (χ0) is 41.1. The molecule has 0 aliphatic rings. The van der Waals surface area contributed by atoms with E-state index in [1.807, 2.05) is 0 Å². The number of amides is 1. The van der Waals surface area contributed by atoms with Crippen LogP contribution in [0.1, 0.15) is 47.8 Å². The first-order chi connectivity index (χ1) is 26.5. The van der Waals surface area contributed by atoms with Gasteiger partial charge in [-0.2, -0.15) is 31.2 Å². The Balaban J connectivity index is 1.37. The van der Waals surface area contributed by atoms with E-state index in [9.17, 15) is 50.9 Å². The maximum Gasteiger partial charge on any atom is 0.408 e. The highest BCUT2D eigenvalue weighted by Gasteiger charge is 2.72. The van der Waals surface area contributed by atoms with Crippen LogP contribution in [0.4, 0.5) is 37.7 Å². The van der Waals surface area contributed by atoms with Crippen molar-refractivity contribution in [2.24, 2.45) is 5.41 Å². The summed E-state index contributed by atoms with van der Waals surface area (Å²) in [5, 5.41) is 38.4. The fraction of sp³-hybridized carbons (Fsp3) is 0.229. The van der Waals surface area contributed by atoms with Crippen molar-refractivity contribution in [3.8, 4) is 11.5 Å². The lowest BCUT2D eigenvalue weighted by molar-refractivity contribution is -0.382. The lowest BCUT2D eigenvalue weighted by atomic mass is 9.88. The number of hydrogen-bond acceptors (Lipinski definition) is 12. The minimum absolute atomic E-state index is 0.0299. The van der Waals surface area contributed by atoms with E-state index >= 15 is 0 Å². The summed E-state index contributed by atoms with van der Waals surface area (Å²) < 4.78 is 89.8. The van der Waals surface area contributed by atoms with E-state index in [1.165, 1.54) is 36.4 Å². The molecule has 0 heterocycles. The molecule has 0 aliphatic heterocycles. The van der Waals surface area contributed by atoms with E-state index < -0.39 is 60.1 Å². The predicted molar refractivity (Wildman–Crippen MR) is 178 cm³/mol. The van der Waals surface area contributed by atoms with Crippen LogP contribution in [0.15, 0.2) is 84.9 Å². The number of carboxylic acid groups (broad SMARTS) is 2. The van der Waals surface area contributed by atoms with Crippen molar-refractivity contribution < 1.29 is 90.6 Å². The van der Waals surface area contributed by atoms with E-state index in [4.69, 9.17) is 25.0 Å². The topological polar surface area (TPSA) is 212 Å². The van der Waals surface area contributed by atoms with Gasteiger partial charge in [0.25, 0.3) is 5.91 Å². The van der Waals surface area contributed by atoms with Crippen molar-refractivity contribution in [1.29, 1.82) is 0 Å². The van der Waals surface area contributed by atoms with Crippen LogP contribution in [-0.4, -0.2) is 64.1 Å². The van der Waals surface area contributed by atoms with E-state index in [-0.39, 0.29) is 53.6 Å². The van der Waals surface area contributed by atoms with Crippen LogP contribution in [0.3, 0.4) is 0 Å². The molecule has 0 bridgehead atoms. The Morgan fingerprint density at radius 2 is 1.25 bits per heavy atom. The van der Waals surface area contributed by atoms with Gasteiger partial charge in [-0.3, -0.25) is 25.6 Å². The molecule has 0 aromatic heterocycles. The number of carboxylic acids is 2. The molecule has 0 radical (unpaired) electrons. The quantitative estimate of drug-likeness (QED) is 0.0311. The molecule has 0 saturated heterocycles. The van der Waals surface area contributed by atoms with Gasteiger partial charge in [0.2, 0.25) is 5.41 Å². The van der Waals surface area contributed by atoms with Gasteiger partial charge in [-0.1, -0.05) is 12.1 Å². The lowest BCUT2D eigenvalue weighted by Gasteiger charge is -2.35. The minimum atomic E-state index is -5.96. The Morgan fingerprint density at radius 1 is 0.625 bits per heavy atom. The van der Waals surface area contributed by atoms with Crippen molar-refractivity contribution in [1.82, 2.24) is 0 Å². The molecule has 300 valence electrons. The average molecular weight is 801 g/mol. The SMILES string of the molecule is O=C(O)c1ccc(COO)c(CONc2ccc(OOCC(COc3ccc(NC(=O)c4cc(COO)ccc4C(=O)O)cc3)(C(F)(F)F)C(F)(F)F)cc2)c1. The fourth-order valence-electron chi connectivity index (χ4n) is 4.78. The molecular formula is C35H30F6N2O13. The highest BCUT2D eigenvalue weighted by atomic mass is 19.4. The molecule has 4 aromatic rings. The second-order valence-electron chi connectivity index (χ2n) is 11.6. The van der Waals surface area contributed by atoms with Gasteiger partial charge in [0.05, 0.1) is 22.4 Å². The van der Waals surface area contributed by atoms with E-state index in [0.717, 1.165) is 48.5 Å². The number of ether oxygens (including phenoxy) is 1. The van der Waals surface area contributed by atoms with Crippen LogP contribution in [-0.2, 0) is 39.3 Å². The molecule has 0 spiro atoms. The number of benzene rings is 4.